The van der Waals surface area contributed by atoms with Crippen molar-refractivity contribution in [2.24, 2.45) is 5.92 Å². The molecule has 2 unspecified atom stereocenters. The Bertz CT molecular complexity index is 646. The number of methoxy groups -OCH3 is 1. The Kier molecular flexibility index (Phi) is 4.76. The van der Waals surface area contributed by atoms with Gasteiger partial charge in [-0.15, -0.1) is 0 Å². The second-order valence-electron chi connectivity index (χ2n) is 6.72. The van der Waals surface area contributed by atoms with E-state index in [-0.39, 0.29) is 24.2 Å². The first-order chi connectivity index (χ1) is 11.5. The monoisotopic (exact) mass is 331 g/mol. The summed E-state index contributed by atoms with van der Waals surface area (Å²) in [4.78, 5) is 28.9. The Morgan fingerprint density at radius 3 is 2.83 bits per heavy atom. The number of benzene rings is 1. The molecule has 0 bridgehead atoms. The highest BCUT2D eigenvalue weighted by Gasteiger charge is 2.38. The van der Waals surface area contributed by atoms with Gasteiger partial charge in [-0.3, -0.25) is 9.59 Å². The minimum Gasteiger partial charge on any atom is -0.495 e. The van der Waals surface area contributed by atoms with Crippen LogP contribution in [0.1, 0.15) is 18.9 Å². The van der Waals surface area contributed by atoms with Gasteiger partial charge in [0.2, 0.25) is 11.8 Å². The van der Waals surface area contributed by atoms with Crippen LogP contribution < -0.4 is 15.0 Å². The number of nitrogens with zero attached hydrogens (tertiary/aromatic N) is 2. The van der Waals surface area contributed by atoms with Crippen LogP contribution in [0.4, 0.5) is 5.69 Å². The van der Waals surface area contributed by atoms with Gasteiger partial charge in [0.1, 0.15) is 5.75 Å². The highest BCUT2D eigenvalue weighted by molar-refractivity contribution is 6.01. The number of carbonyl (C=O) groups excluding carboxylic acids is 2. The molecule has 1 aromatic rings. The van der Waals surface area contributed by atoms with Gasteiger partial charge in [0.15, 0.2) is 0 Å². The van der Waals surface area contributed by atoms with Crippen molar-refractivity contribution in [2.45, 2.75) is 26.3 Å². The van der Waals surface area contributed by atoms with Crippen molar-refractivity contribution >= 4 is 17.5 Å². The first-order valence-corrected chi connectivity index (χ1v) is 8.46. The number of hydrogen-bond acceptors (Lipinski definition) is 4. The van der Waals surface area contributed by atoms with Gasteiger partial charge in [-0.25, -0.2) is 0 Å². The SMILES string of the molecule is COc1ccc(C)cc1N1CC(C(=O)N2CCNC(C)C2)CC1=O. The van der Waals surface area contributed by atoms with Crippen molar-refractivity contribution in [3.05, 3.63) is 23.8 Å². The lowest BCUT2D eigenvalue weighted by atomic mass is 10.1. The Morgan fingerprint density at radius 1 is 1.33 bits per heavy atom. The van der Waals surface area contributed by atoms with Crippen molar-refractivity contribution in [3.8, 4) is 5.75 Å². The van der Waals surface area contributed by atoms with Crippen LogP contribution in [0.15, 0.2) is 18.2 Å². The third-order valence-electron chi connectivity index (χ3n) is 4.78. The molecular formula is C18H25N3O3. The predicted molar refractivity (Wildman–Crippen MR) is 92.2 cm³/mol. The number of nitrogens with one attached hydrogen (secondary N) is 1. The smallest absolute Gasteiger partial charge is 0.228 e. The molecule has 2 saturated heterocycles. The number of piperazine rings is 1. The molecule has 24 heavy (non-hydrogen) atoms. The zero-order valence-electron chi connectivity index (χ0n) is 14.5. The van der Waals surface area contributed by atoms with Gasteiger partial charge in [0, 0.05) is 38.6 Å². The summed E-state index contributed by atoms with van der Waals surface area (Å²) in [6, 6.07) is 6.06. The zero-order valence-corrected chi connectivity index (χ0v) is 14.5. The fourth-order valence-corrected chi connectivity index (χ4v) is 3.51. The molecule has 2 heterocycles. The Morgan fingerprint density at radius 2 is 2.12 bits per heavy atom. The van der Waals surface area contributed by atoms with E-state index < -0.39 is 0 Å². The maximum absolute atomic E-state index is 12.8. The Balaban J connectivity index is 1.76. The van der Waals surface area contributed by atoms with Crippen LogP contribution in [0.5, 0.6) is 5.75 Å². The van der Waals surface area contributed by atoms with Crippen molar-refractivity contribution in [3.63, 3.8) is 0 Å². The van der Waals surface area contributed by atoms with Crippen molar-refractivity contribution < 1.29 is 14.3 Å². The fourth-order valence-electron chi connectivity index (χ4n) is 3.51. The van der Waals surface area contributed by atoms with Gasteiger partial charge in [-0.05, 0) is 31.5 Å². The van der Waals surface area contributed by atoms with E-state index in [1.165, 1.54) is 0 Å². The molecule has 2 fully saturated rings. The molecule has 2 amide bonds. The lowest BCUT2D eigenvalue weighted by Crippen LogP contribution is -2.53. The second-order valence-corrected chi connectivity index (χ2v) is 6.72. The standard InChI is InChI=1S/C18H25N3O3/c1-12-4-5-16(24-3)15(8-12)21-11-14(9-17(21)22)18(23)20-7-6-19-13(2)10-20/h4-5,8,13-14,19H,6-7,9-11H2,1-3H3. The first-order valence-electron chi connectivity index (χ1n) is 8.46. The summed E-state index contributed by atoms with van der Waals surface area (Å²) >= 11 is 0. The Hall–Kier alpha value is -2.08. The molecule has 1 N–H and O–H groups in total. The number of carbonyl (C=O) groups is 2. The van der Waals surface area contributed by atoms with E-state index in [9.17, 15) is 9.59 Å². The molecule has 0 aliphatic carbocycles. The molecule has 3 rings (SSSR count). The fraction of sp³-hybridized carbons (Fsp3) is 0.556. The summed E-state index contributed by atoms with van der Waals surface area (Å²) in [7, 11) is 1.60. The minimum absolute atomic E-state index is 0.0135. The number of hydrogen-bond donors (Lipinski definition) is 1. The van der Waals surface area contributed by atoms with E-state index in [0.717, 1.165) is 17.8 Å². The second kappa shape index (κ2) is 6.81. The van der Waals surface area contributed by atoms with Crippen LogP contribution in [0.3, 0.4) is 0 Å². The third kappa shape index (κ3) is 3.24. The highest BCUT2D eigenvalue weighted by atomic mass is 16.5. The molecule has 6 nitrogen and oxygen atoms in total. The number of ether oxygens (including phenoxy) is 1. The van der Waals surface area contributed by atoms with E-state index in [4.69, 9.17) is 4.74 Å². The molecule has 1 aromatic carbocycles. The van der Waals surface area contributed by atoms with Crippen LogP contribution in [0.2, 0.25) is 0 Å². The number of amides is 2. The predicted octanol–water partition coefficient (Wildman–Crippen LogP) is 1.18. The average molecular weight is 331 g/mol. The van der Waals surface area contributed by atoms with Gasteiger partial charge in [0.25, 0.3) is 0 Å². The summed E-state index contributed by atoms with van der Waals surface area (Å²) in [5.41, 5.74) is 1.82. The molecule has 0 aromatic heterocycles. The molecule has 2 aliphatic rings. The average Bonchev–Trinajstić information content (AvgIpc) is 2.95. The van der Waals surface area contributed by atoms with E-state index in [2.05, 4.69) is 12.2 Å². The molecule has 2 aliphatic heterocycles. The third-order valence-corrected chi connectivity index (χ3v) is 4.78. The molecular weight excluding hydrogens is 306 g/mol. The number of anilines is 1. The summed E-state index contributed by atoms with van der Waals surface area (Å²) in [5, 5.41) is 3.33. The lowest BCUT2D eigenvalue weighted by Gasteiger charge is -2.33. The van der Waals surface area contributed by atoms with Gasteiger partial charge < -0.3 is 19.9 Å². The minimum atomic E-state index is -0.270. The molecule has 0 spiro atoms. The summed E-state index contributed by atoms with van der Waals surface area (Å²) in [6.07, 6.45) is 0.272. The van der Waals surface area contributed by atoms with Crippen LogP contribution >= 0.6 is 0 Å². The number of rotatable bonds is 3. The summed E-state index contributed by atoms with van der Waals surface area (Å²) < 4.78 is 5.39. The largest absolute Gasteiger partial charge is 0.495 e. The first kappa shape index (κ1) is 16.8. The van der Waals surface area contributed by atoms with Crippen LogP contribution in [0, 0.1) is 12.8 Å². The highest BCUT2D eigenvalue weighted by Crippen LogP contribution is 2.34. The van der Waals surface area contributed by atoms with Crippen LogP contribution in [0.25, 0.3) is 0 Å². The molecule has 0 saturated carbocycles. The molecule has 2 atom stereocenters. The molecule has 0 radical (unpaired) electrons. The maximum atomic E-state index is 12.8. The van der Waals surface area contributed by atoms with Gasteiger partial charge in [-0.1, -0.05) is 6.07 Å². The van der Waals surface area contributed by atoms with Gasteiger partial charge in [-0.2, -0.15) is 0 Å². The van der Waals surface area contributed by atoms with E-state index in [1.807, 2.05) is 30.0 Å². The molecule has 6 heteroatoms. The van der Waals surface area contributed by atoms with Crippen LogP contribution in [-0.4, -0.2) is 56.0 Å². The topological polar surface area (TPSA) is 61.9 Å². The molecule has 130 valence electrons. The lowest BCUT2D eigenvalue weighted by molar-refractivity contribution is -0.136. The van der Waals surface area contributed by atoms with E-state index >= 15 is 0 Å². The van der Waals surface area contributed by atoms with Crippen molar-refractivity contribution in [2.75, 3.05) is 38.2 Å². The quantitative estimate of drug-likeness (QED) is 0.903. The van der Waals surface area contributed by atoms with Crippen LogP contribution in [-0.2, 0) is 9.59 Å². The van der Waals surface area contributed by atoms with Gasteiger partial charge in [0.05, 0.1) is 18.7 Å². The van der Waals surface area contributed by atoms with E-state index in [0.29, 0.717) is 31.4 Å². The Labute approximate surface area is 142 Å². The van der Waals surface area contributed by atoms with Crippen molar-refractivity contribution in [1.29, 1.82) is 0 Å². The van der Waals surface area contributed by atoms with Crippen molar-refractivity contribution in [1.82, 2.24) is 10.2 Å². The normalized spacial score (nSPS) is 24.4. The maximum Gasteiger partial charge on any atom is 0.228 e. The van der Waals surface area contributed by atoms with Gasteiger partial charge >= 0.3 is 0 Å². The summed E-state index contributed by atoms with van der Waals surface area (Å²) in [5.74, 6) is 0.470. The zero-order chi connectivity index (χ0) is 17.3. The number of aryl methyl sites for hydroxylation is 1. The van der Waals surface area contributed by atoms with E-state index in [1.54, 1.807) is 12.0 Å². The summed E-state index contributed by atoms with van der Waals surface area (Å²) in [6.45, 7) is 6.70.